The van der Waals surface area contributed by atoms with E-state index in [9.17, 15) is 13.2 Å². The van der Waals surface area contributed by atoms with E-state index in [1.165, 1.54) is 21.3 Å². The molecule has 11 heteroatoms. The lowest BCUT2D eigenvalue weighted by atomic mass is 10.0. The molecule has 4 rings (SSSR count). The Labute approximate surface area is 225 Å². The summed E-state index contributed by atoms with van der Waals surface area (Å²) in [5.74, 6) is 2.05. The molecule has 0 aromatic heterocycles. The van der Waals surface area contributed by atoms with E-state index >= 15 is 0 Å². The number of hydrogen-bond acceptors (Lipinski definition) is 8. The number of ether oxygens (including phenoxy) is 4. The Hall–Kier alpha value is -3.18. The van der Waals surface area contributed by atoms with Gasteiger partial charge in [0, 0.05) is 44.8 Å². The second kappa shape index (κ2) is 11.7. The Kier molecular flexibility index (Phi) is 8.57. The molecule has 208 valence electrons. The molecule has 2 saturated heterocycles. The lowest BCUT2D eigenvalue weighted by molar-refractivity contribution is 0.0745. The van der Waals surface area contributed by atoms with Crippen LogP contribution >= 0.6 is 0 Å². The molecule has 2 heterocycles. The highest BCUT2D eigenvalue weighted by Gasteiger charge is 2.31. The molecule has 0 radical (unpaired) electrons. The number of nitrogens with zero attached hydrogens (tertiary/aromatic N) is 3. The minimum atomic E-state index is -3.61. The molecule has 2 aliphatic rings. The fourth-order valence-electron chi connectivity index (χ4n) is 5.13. The Balaban J connectivity index is 1.52. The molecular formula is C27H37N3O7S. The van der Waals surface area contributed by atoms with Crippen LogP contribution in [-0.2, 0) is 10.0 Å². The van der Waals surface area contributed by atoms with Crippen LogP contribution in [-0.4, -0.2) is 91.2 Å². The first-order valence-electron chi connectivity index (χ1n) is 12.8. The maximum atomic E-state index is 13.4. The van der Waals surface area contributed by atoms with Crippen molar-refractivity contribution in [3.05, 3.63) is 35.9 Å². The van der Waals surface area contributed by atoms with Gasteiger partial charge in [-0.25, -0.2) is 8.42 Å². The zero-order chi connectivity index (χ0) is 27.4. The zero-order valence-corrected chi connectivity index (χ0v) is 23.5. The third kappa shape index (κ3) is 5.49. The number of piperazine rings is 1. The molecular weight excluding hydrogens is 510 g/mol. The van der Waals surface area contributed by atoms with Crippen LogP contribution < -0.4 is 23.8 Å². The molecule has 0 aliphatic carbocycles. The van der Waals surface area contributed by atoms with Crippen LogP contribution in [0.25, 0.3) is 0 Å². The van der Waals surface area contributed by atoms with Crippen molar-refractivity contribution in [1.82, 2.24) is 9.21 Å². The van der Waals surface area contributed by atoms with Crippen molar-refractivity contribution >= 4 is 21.6 Å². The van der Waals surface area contributed by atoms with E-state index in [1.54, 1.807) is 46.6 Å². The Morgan fingerprint density at radius 2 is 1.47 bits per heavy atom. The van der Waals surface area contributed by atoms with E-state index in [2.05, 4.69) is 11.8 Å². The Bertz CT molecular complexity index is 1230. The van der Waals surface area contributed by atoms with E-state index in [-0.39, 0.29) is 10.8 Å². The summed E-state index contributed by atoms with van der Waals surface area (Å²) >= 11 is 0. The number of hydrogen-bond donors (Lipinski definition) is 0. The van der Waals surface area contributed by atoms with E-state index < -0.39 is 10.0 Å². The van der Waals surface area contributed by atoms with Gasteiger partial charge in [0.05, 0.1) is 39.0 Å². The number of anilines is 1. The van der Waals surface area contributed by atoms with Gasteiger partial charge in [-0.15, -0.1) is 0 Å². The van der Waals surface area contributed by atoms with Crippen molar-refractivity contribution in [2.24, 2.45) is 5.92 Å². The summed E-state index contributed by atoms with van der Waals surface area (Å²) in [4.78, 5) is 17.4. The lowest BCUT2D eigenvalue weighted by Gasteiger charge is -2.37. The first kappa shape index (κ1) is 27.8. The standard InChI is InChI=1S/C27H37N3O7S/c1-19-7-6-10-30(18-19)38(32,33)21-8-9-23(34-2)22(17-21)28-11-13-29(14-12-28)27(31)20-15-24(35-3)26(37-5)25(16-20)36-4/h8-9,15-17,19H,6-7,10-14,18H2,1-5H3/t19-/m1/s1. The number of rotatable bonds is 8. The second-order valence-electron chi connectivity index (χ2n) is 9.64. The van der Waals surface area contributed by atoms with Crippen LogP contribution in [0.1, 0.15) is 30.1 Å². The second-order valence-corrected chi connectivity index (χ2v) is 11.6. The molecule has 2 aromatic rings. The molecule has 0 bridgehead atoms. The number of carbonyl (C=O) groups excluding carboxylic acids is 1. The van der Waals surface area contributed by atoms with Crippen LogP contribution in [0.2, 0.25) is 0 Å². The topological polar surface area (TPSA) is 97.9 Å². The summed E-state index contributed by atoms with van der Waals surface area (Å²) < 4.78 is 50.1. The first-order valence-corrected chi connectivity index (χ1v) is 14.2. The van der Waals surface area contributed by atoms with E-state index in [1.807, 2.05) is 0 Å². The number of benzene rings is 2. The molecule has 2 aromatic carbocycles. The normalized spacial score (nSPS) is 18.7. The van der Waals surface area contributed by atoms with Gasteiger partial charge in [-0.2, -0.15) is 4.31 Å². The van der Waals surface area contributed by atoms with Crippen molar-refractivity contribution in [1.29, 1.82) is 0 Å². The number of sulfonamides is 1. The zero-order valence-electron chi connectivity index (χ0n) is 22.7. The summed E-state index contributed by atoms with van der Waals surface area (Å²) in [6.07, 6.45) is 1.91. The highest BCUT2D eigenvalue weighted by atomic mass is 32.2. The number of amides is 1. The average molecular weight is 548 g/mol. The van der Waals surface area contributed by atoms with Gasteiger partial charge < -0.3 is 28.7 Å². The van der Waals surface area contributed by atoms with Crippen molar-refractivity contribution in [2.45, 2.75) is 24.7 Å². The molecule has 0 unspecified atom stereocenters. The molecule has 0 saturated carbocycles. The summed E-state index contributed by atoms with van der Waals surface area (Å²) in [5, 5.41) is 0. The van der Waals surface area contributed by atoms with Crippen LogP contribution in [0.5, 0.6) is 23.0 Å². The summed E-state index contributed by atoms with van der Waals surface area (Å²) in [7, 11) is 2.51. The van der Waals surface area contributed by atoms with Gasteiger partial charge in [-0.3, -0.25) is 4.79 Å². The maximum Gasteiger partial charge on any atom is 0.254 e. The predicted octanol–water partition coefficient (Wildman–Crippen LogP) is 3.10. The van der Waals surface area contributed by atoms with E-state index in [0.717, 1.165) is 12.8 Å². The van der Waals surface area contributed by atoms with Crippen LogP contribution in [0.15, 0.2) is 35.2 Å². The minimum Gasteiger partial charge on any atom is -0.495 e. The Morgan fingerprint density at radius 3 is 2.03 bits per heavy atom. The van der Waals surface area contributed by atoms with Gasteiger partial charge in [-0.1, -0.05) is 6.92 Å². The minimum absolute atomic E-state index is 0.147. The monoisotopic (exact) mass is 547 g/mol. The Morgan fingerprint density at radius 1 is 0.842 bits per heavy atom. The number of piperidine rings is 1. The molecule has 1 atom stereocenters. The fourth-order valence-corrected chi connectivity index (χ4v) is 6.75. The average Bonchev–Trinajstić information content (AvgIpc) is 2.95. The summed E-state index contributed by atoms with van der Waals surface area (Å²) in [5.41, 5.74) is 1.15. The van der Waals surface area contributed by atoms with E-state index in [0.29, 0.717) is 79.4 Å². The third-order valence-corrected chi connectivity index (χ3v) is 9.09. The van der Waals surface area contributed by atoms with Crippen molar-refractivity contribution in [2.75, 3.05) is 72.6 Å². The van der Waals surface area contributed by atoms with Crippen molar-refractivity contribution in [3.63, 3.8) is 0 Å². The molecule has 0 N–H and O–H groups in total. The molecule has 1 amide bonds. The van der Waals surface area contributed by atoms with Crippen LogP contribution in [0, 0.1) is 5.92 Å². The molecule has 2 fully saturated rings. The van der Waals surface area contributed by atoms with Gasteiger partial charge in [0.2, 0.25) is 15.8 Å². The van der Waals surface area contributed by atoms with Crippen LogP contribution in [0.4, 0.5) is 5.69 Å². The van der Waals surface area contributed by atoms with Gasteiger partial charge >= 0.3 is 0 Å². The molecule has 10 nitrogen and oxygen atoms in total. The molecule has 38 heavy (non-hydrogen) atoms. The number of carbonyl (C=O) groups is 1. The van der Waals surface area contributed by atoms with Gasteiger partial charge in [0.1, 0.15) is 5.75 Å². The third-order valence-electron chi connectivity index (χ3n) is 7.23. The van der Waals surface area contributed by atoms with Crippen molar-refractivity contribution < 1.29 is 32.2 Å². The highest BCUT2D eigenvalue weighted by molar-refractivity contribution is 7.89. The fraction of sp³-hybridized carbons (Fsp3) is 0.519. The number of methoxy groups -OCH3 is 4. The predicted molar refractivity (Wildman–Crippen MR) is 144 cm³/mol. The highest BCUT2D eigenvalue weighted by Crippen LogP contribution is 2.39. The summed E-state index contributed by atoms with van der Waals surface area (Å²) in [6.45, 7) is 5.12. The van der Waals surface area contributed by atoms with Gasteiger partial charge in [0.25, 0.3) is 5.91 Å². The largest absolute Gasteiger partial charge is 0.495 e. The lowest BCUT2D eigenvalue weighted by Crippen LogP contribution is -2.49. The quantitative estimate of drug-likeness (QED) is 0.497. The molecule has 2 aliphatic heterocycles. The molecule has 0 spiro atoms. The van der Waals surface area contributed by atoms with Crippen molar-refractivity contribution in [3.8, 4) is 23.0 Å². The SMILES string of the molecule is COc1ccc(S(=O)(=O)N2CCC[C@@H](C)C2)cc1N1CCN(C(=O)c2cc(OC)c(OC)c(OC)c2)CC1. The van der Waals surface area contributed by atoms with Gasteiger partial charge in [0.15, 0.2) is 11.5 Å². The maximum absolute atomic E-state index is 13.4. The first-order chi connectivity index (χ1) is 18.2. The summed E-state index contributed by atoms with van der Waals surface area (Å²) in [6, 6.07) is 8.32. The van der Waals surface area contributed by atoms with Gasteiger partial charge in [-0.05, 0) is 49.1 Å². The smallest absolute Gasteiger partial charge is 0.254 e. The van der Waals surface area contributed by atoms with Crippen LogP contribution in [0.3, 0.4) is 0 Å². The van der Waals surface area contributed by atoms with E-state index in [4.69, 9.17) is 18.9 Å².